The van der Waals surface area contributed by atoms with E-state index in [1.54, 1.807) is 0 Å². The van der Waals surface area contributed by atoms with Gasteiger partial charge in [-0.15, -0.1) is 0 Å². The maximum atomic E-state index is 12.5. The summed E-state index contributed by atoms with van der Waals surface area (Å²) in [7, 11) is -4.43. The average molecular weight is 338 g/mol. The summed E-state index contributed by atoms with van der Waals surface area (Å²) in [6.45, 7) is 3.67. The lowest BCUT2D eigenvalue weighted by molar-refractivity contribution is 0.205. The van der Waals surface area contributed by atoms with Gasteiger partial charge >= 0.3 is 5.76 Å². The van der Waals surface area contributed by atoms with E-state index >= 15 is 0 Å². The second-order valence-electron chi connectivity index (χ2n) is 5.79. The van der Waals surface area contributed by atoms with Gasteiger partial charge in [-0.2, -0.15) is 13.1 Å². The Kier molecular flexibility index (Phi) is 5.96. The summed E-state index contributed by atoms with van der Waals surface area (Å²) in [6, 6.07) is 0.510. The van der Waals surface area contributed by atoms with Crippen molar-refractivity contribution in [3.8, 4) is 0 Å². The molecule has 1 aliphatic heterocycles. The lowest BCUT2D eigenvalue weighted by atomic mass is 9.98. The van der Waals surface area contributed by atoms with E-state index in [2.05, 4.69) is 15.6 Å². The molecule has 0 amide bonds. The molecule has 128 valence electrons. The van der Waals surface area contributed by atoms with E-state index in [4.69, 9.17) is 0 Å². The van der Waals surface area contributed by atoms with Gasteiger partial charge in [0.2, 0.25) is 0 Å². The molecule has 0 aromatic rings. The molecule has 0 bridgehead atoms. The predicted molar refractivity (Wildman–Crippen MR) is 81.4 cm³/mol. The van der Waals surface area contributed by atoms with Crippen molar-refractivity contribution in [2.45, 2.75) is 44.4 Å². The number of nitrogens with zero attached hydrogens (tertiary/aromatic N) is 2. The van der Waals surface area contributed by atoms with Gasteiger partial charge in [0.05, 0.1) is 0 Å². The van der Waals surface area contributed by atoms with Crippen molar-refractivity contribution in [2.24, 2.45) is 10.9 Å². The Morgan fingerprint density at radius 1 is 1.27 bits per heavy atom. The van der Waals surface area contributed by atoms with Gasteiger partial charge in [-0.05, 0) is 38.5 Å². The molecule has 0 spiro atoms. The first-order valence-corrected chi connectivity index (χ1v) is 9.25. The second-order valence-corrected chi connectivity index (χ2v) is 7.69. The molecule has 2 N–H and O–H groups in total. The molecule has 0 unspecified atom stereocenters. The van der Waals surface area contributed by atoms with Crippen LogP contribution in [0, 0.1) is 5.92 Å². The molecule has 2 aliphatic rings. The molecular weight excluding hydrogens is 314 g/mol. The first-order valence-electron chi connectivity index (χ1n) is 7.75. The fourth-order valence-corrected chi connectivity index (χ4v) is 3.37. The Bertz CT molecular complexity index is 486. The van der Waals surface area contributed by atoms with Crippen LogP contribution in [0.2, 0.25) is 0 Å². The number of alkyl halides is 2. The summed E-state index contributed by atoms with van der Waals surface area (Å²) in [5, 5.41) is 6.49. The topological polar surface area (TPSA) is 73.8 Å². The van der Waals surface area contributed by atoms with Gasteiger partial charge in [-0.25, -0.2) is 8.42 Å². The van der Waals surface area contributed by atoms with Gasteiger partial charge in [0, 0.05) is 32.2 Å². The van der Waals surface area contributed by atoms with Gasteiger partial charge in [0.15, 0.2) is 5.96 Å². The number of piperidine rings is 1. The highest BCUT2D eigenvalue weighted by atomic mass is 32.2. The lowest BCUT2D eigenvalue weighted by Crippen LogP contribution is -2.42. The Morgan fingerprint density at radius 2 is 1.91 bits per heavy atom. The number of hydrogen-bond acceptors (Lipinski definition) is 3. The third-order valence-electron chi connectivity index (χ3n) is 3.93. The quantitative estimate of drug-likeness (QED) is 0.559. The molecule has 6 nitrogen and oxygen atoms in total. The molecule has 0 atom stereocenters. The fraction of sp³-hybridized carbons (Fsp3) is 0.923. The van der Waals surface area contributed by atoms with Crippen molar-refractivity contribution in [1.82, 2.24) is 14.9 Å². The van der Waals surface area contributed by atoms with Crippen LogP contribution in [-0.2, 0) is 10.0 Å². The van der Waals surface area contributed by atoms with E-state index in [1.807, 2.05) is 6.92 Å². The van der Waals surface area contributed by atoms with Gasteiger partial charge in [0.25, 0.3) is 10.0 Å². The van der Waals surface area contributed by atoms with Crippen LogP contribution in [-0.4, -0.2) is 56.7 Å². The van der Waals surface area contributed by atoms with Crippen molar-refractivity contribution in [3.05, 3.63) is 0 Å². The molecule has 0 aromatic heterocycles. The maximum Gasteiger partial charge on any atom is 0.350 e. The molecule has 1 heterocycles. The molecule has 2 fully saturated rings. The van der Waals surface area contributed by atoms with E-state index < -0.39 is 15.8 Å². The SMILES string of the molecule is CCNC(=NCC1CCN(S(=O)(=O)C(F)F)CC1)NC1CC1. The van der Waals surface area contributed by atoms with Crippen molar-refractivity contribution in [1.29, 1.82) is 0 Å². The number of halogens is 2. The Labute approximate surface area is 130 Å². The Balaban J connectivity index is 1.81. The van der Waals surface area contributed by atoms with E-state index in [0.29, 0.717) is 25.4 Å². The fourth-order valence-electron chi connectivity index (χ4n) is 2.42. The first kappa shape index (κ1) is 17.4. The monoisotopic (exact) mass is 338 g/mol. The van der Waals surface area contributed by atoms with Crippen LogP contribution in [0.25, 0.3) is 0 Å². The number of guanidine groups is 1. The molecule has 0 radical (unpaired) electrons. The molecule has 9 heteroatoms. The van der Waals surface area contributed by atoms with Crippen molar-refractivity contribution >= 4 is 16.0 Å². The normalized spacial score (nSPS) is 22.1. The number of aliphatic imine (C=N–C) groups is 1. The second kappa shape index (κ2) is 7.54. The van der Waals surface area contributed by atoms with Crippen LogP contribution < -0.4 is 10.6 Å². The summed E-state index contributed by atoms with van der Waals surface area (Å²) < 4.78 is 48.7. The lowest BCUT2D eigenvalue weighted by Gasteiger charge is -2.30. The molecule has 1 saturated heterocycles. The highest BCUT2D eigenvalue weighted by Crippen LogP contribution is 2.23. The van der Waals surface area contributed by atoms with Crippen LogP contribution in [0.15, 0.2) is 4.99 Å². The third kappa shape index (κ3) is 4.77. The van der Waals surface area contributed by atoms with Crippen molar-refractivity contribution in [3.63, 3.8) is 0 Å². The smallest absolute Gasteiger partial charge is 0.350 e. The van der Waals surface area contributed by atoms with E-state index in [0.717, 1.165) is 29.7 Å². The van der Waals surface area contributed by atoms with E-state index in [1.165, 1.54) is 0 Å². The Hall–Kier alpha value is -0.960. The summed E-state index contributed by atoms with van der Waals surface area (Å²) in [4.78, 5) is 4.52. The molecule has 0 aromatic carbocycles. The highest BCUT2D eigenvalue weighted by molar-refractivity contribution is 7.89. The Morgan fingerprint density at radius 3 is 2.41 bits per heavy atom. The van der Waals surface area contributed by atoms with Gasteiger partial charge in [-0.3, -0.25) is 4.99 Å². The summed E-state index contributed by atoms with van der Waals surface area (Å²) >= 11 is 0. The minimum atomic E-state index is -4.43. The average Bonchev–Trinajstić information content (AvgIpc) is 3.29. The molecule has 2 rings (SSSR count). The molecule has 1 saturated carbocycles. The van der Waals surface area contributed by atoms with Crippen LogP contribution in [0.3, 0.4) is 0 Å². The first-order chi connectivity index (χ1) is 10.4. The zero-order chi connectivity index (χ0) is 16.2. The van der Waals surface area contributed by atoms with Crippen LogP contribution in [0.5, 0.6) is 0 Å². The standard InChI is InChI=1S/C13H24F2N4O2S/c1-2-16-13(18-11-3-4-11)17-9-10-5-7-19(8-6-10)22(20,21)12(14)15/h10-12H,2-9H2,1H3,(H2,16,17,18). The largest absolute Gasteiger partial charge is 0.357 e. The molecule has 1 aliphatic carbocycles. The number of hydrogen-bond donors (Lipinski definition) is 2. The van der Waals surface area contributed by atoms with Gasteiger partial charge in [0.1, 0.15) is 0 Å². The predicted octanol–water partition coefficient (Wildman–Crippen LogP) is 0.968. The van der Waals surface area contributed by atoms with Crippen LogP contribution in [0.4, 0.5) is 8.78 Å². The van der Waals surface area contributed by atoms with Crippen molar-refractivity contribution in [2.75, 3.05) is 26.2 Å². The maximum absolute atomic E-state index is 12.5. The van der Waals surface area contributed by atoms with Crippen LogP contribution in [0.1, 0.15) is 32.6 Å². The van der Waals surface area contributed by atoms with Gasteiger partial charge < -0.3 is 10.6 Å². The summed E-state index contributed by atoms with van der Waals surface area (Å²) in [6.07, 6.45) is 3.46. The number of sulfonamides is 1. The molecular formula is C13H24F2N4O2S. The minimum absolute atomic E-state index is 0.152. The number of nitrogens with one attached hydrogen (secondary N) is 2. The highest BCUT2D eigenvalue weighted by Gasteiger charge is 2.34. The van der Waals surface area contributed by atoms with Crippen molar-refractivity contribution < 1.29 is 17.2 Å². The van der Waals surface area contributed by atoms with E-state index in [9.17, 15) is 17.2 Å². The molecule has 22 heavy (non-hydrogen) atoms. The minimum Gasteiger partial charge on any atom is -0.357 e. The van der Waals surface area contributed by atoms with Gasteiger partial charge in [-0.1, -0.05) is 0 Å². The third-order valence-corrected chi connectivity index (χ3v) is 5.46. The summed E-state index contributed by atoms with van der Waals surface area (Å²) in [5.41, 5.74) is 0. The zero-order valence-corrected chi connectivity index (χ0v) is 13.6. The zero-order valence-electron chi connectivity index (χ0n) is 12.8. The number of rotatable bonds is 6. The summed E-state index contributed by atoms with van der Waals surface area (Å²) in [5.74, 6) is -2.31. The van der Waals surface area contributed by atoms with Crippen LogP contribution >= 0.6 is 0 Å². The van der Waals surface area contributed by atoms with E-state index in [-0.39, 0.29) is 19.0 Å².